The number of phenolic OH excluding ortho intramolecular Hbond substituents is 2. The molecule has 0 spiro atoms. The van der Waals surface area contributed by atoms with Gasteiger partial charge in [-0.25, -0.2) is 4.79 Å². The van der Waals surface area contributed by atoms with Gasteiger partial charge in [-0.05, 0) is 43.3 Å². The number of Topliss-reactive ketones (excluding diaryl/α,β-unsaturated/α-hetero) is 1. The number of aromatic nitrogens is 1. The number of hydrogen-bond donors (Lipinski definition) is 2. The number of phenols is 2. The van der Waals surface area contributed by atoms with Crippen LogP contribution in [0.15, 0.2) is 42.5 Å². The number of carbonyl (C=O) groups excluding carboxylic acids is 2. The van der Waals surface area contributed by atoms with Gasteiger partial charge in [-0.15, -0.1) is 0 Å². The van der Waals surface area contributed by atoms with Gasteiger partial charge in [-0.2, -0.15) is 0 Å². The fourth-order valence-corrected chi connectivity index (χ4v) is 2.63. The smallest absolute Gasteiger partial charge is 0.340 e. The Labute approximate surface area is 154 Å². The van der Waals surface area contributed by atoms with Gasteiger partial charge in [0.05, 0.1) is 29.4 Å². The summed E-state index contributed by atoms with van der Waals surface area (Å²) in [4.78, 5) is 28.9. The quantitative estimate of drug-likeness (QED) is 0.527. The van der Waals surface area contributed by atoms with Crippen molar-refractivity contribution >= 4 is 22.7 Å². The third-order valence-electron chi connectivity index (χ3n) is 4.05. The Morgan fingerprint density at radius 1 is 1.04 bits per heavy atom. The van der Waals surface area contributed by atoms with Crippen molar-refractivity contribution in [2.45, 2.75) is 6.92 Å². The number of benzene rings is 2. The minimum absolute atomic E-state index is 0.0429. The molecule has 0 atom stereocenters. The summed E-state index contributed by atoms with van der Waals surface area (Å²) in [5.74, 6) is -1.21. The van der Waals surface area contributed by atoms with E-state index in [9.17, 15) is 19.8 Å². The molecule has 1 aromatic heterocycles. The van der Waals surface area contributed by atoms with Crippen molar-refractivity contribution in [3.63, 3.8) is 0 Å². The molecular weight excluding hydrogens is 350 g/mol. The van der Waals surface area contributed by atoms with Gasteiger partial charge in [0.1, 0.15) is 17.2 Å². The summed E-state index contributed by atoms with van der Waals surface area (Å²) < 4.78 is 10.3. The Balaban J connectivity index is 1.79. The third kappa shape index (κ3) is 3.82. The summed E-state index contributed by atoms with van der Waals surface area (Å²) in [6, 6.07) is 10.5. The van der Waals surface area contributed by atoms with Gasteiger partial charge in [0, 0.05) is 11.5 Å². The number of aryl methyl sites for hydroxylation is 1. The topological polar surface area (TPSA) is 106 Å². The number of ether oxygens (including phenoxy) is 2. The van der Waals surface area contributed by atoms with Crippen LogP contribution < -0.4 is 4.74 Å². The summed E-state index contributed by atoms with van der Waals surface area (Å²) in [5.41, 5.74) is 1.37. The standard InChI is InChI=1S/C20H17NO6/c1-11-16(8-12-7-14(26-2)4-6-17(12)21-11)20(25)27-10-19(24)15-5-3-13(22)9-18(15)23/h3-9,22-23H,10H2,1-2H3. The molecule has 7 nitrogen and oxygen atoms in total. The number of aromatic hydroxyl groups is 2. The highest BCUT2D eigenvalue weighted by molar-refractivity contribution is 6.02. The van der Waals surface area contributed by atoms with E-state index in [1.54, 1.807) is 38.3 Å². The van der Waals surface area contributed by atoms with Crippen molar-refractivity contribution in [3.8, 4) is 17.2 Å². The molecule has 2 N–H and O–H groups in total. The molecule has 0 bridgehead atoms. The Morgan fingerprint density at radius 3 is 2.52 bits per heavy atom. The molecule has 0 radical (unpaired) electrons. The van der Waals surface area contributed by atoms with Crippen LogP contribution in [0.3, 0.4) is 0 Å². The molecule has 0 fully saturated rings. The summed E-state index contributed by atoms with van der Waals surface area (Å²) >= 11 is 0. The van der Waals surface area contributed by atoms with Crippen molar-refractivity contribution in [1.29, 1.82) is 0 Å². The van der Waals surface area contributed by atoms with Gasteiger partial charge >= 0.3 is 5.97 Å². The van der Waals surface area contributed by atoms with Gasteiger partial charge in [0.2, 0.25) is 5.78 Å². The average Bonchev–Trinajstić information content (AvgIpc) is 2.65. The number of pyridine rings is 1. The molecule has 2 aromatic carbocycles. The zero-order valence-corrected chi connectivity index (χ0v) is 14.7. The second-order valence-corrected chi connectivity index (χ2v) is 5.88. The number of esters is 1. The van der Waals surface area contributed by atoms with Gasteiger partial charge in [0.15, 0.2) is 6.61 Å². The zero-order chi connectivity index (χ0) is 19.6. The Bertz CT molecular complexity index is 1040. The first-order valence-corrected chi connectivity index (χ1v) is 8.06. The molecule has 0 amide bonds. The molecule has 0 aliphatic heterocycles. The number of carbonyl (C=O) groups is 2. The molecule has 0 unspecified atom stereocenters. The molecule has 0 saturated heterocycles. The van der Waals surface area contributed by atoms with Gasteiger partial charge in [0.25, 0.3) is 0 Å². The second kappa shape index (κ2) is 7.33. The van der Waals surface area contributed by atoms with E-state index in [0.29, 0.717) is 22.3 Å². The highest BCUT2D eigenvalue weighted by atomic mass is 16.5. The predicted molar refractivity (Wildman–Crippen MR) is 97.4 cm³/mol. The molecule has 1 heterocycles. The van der Waals surface area contributed by atoms with Crippen LogP contribution in [-0.4, -0.2) is 40.7 Å². The highest BCUT2D eigenvalue weighted by Gasteiger charge is 2.18. The van der Waals surface area contributed by atoms with E-state index in [1.165, 1.54) is 12.1 Å². The van der Waals surface area contributed by atoms with E-state index < -0.39 is 18.4 Å². The Morgan fingerprint density at radius 2 is 1.81 bits per heavy atom. The fourth-order valence-electron chi connectivity index (χ4n) is 2.63. The normalized spacial score (nSPS) is 10.6. The molecule has 0 aliphatic rings. The van der Waals surface area contributed by atoms with Crippen molar-refractivity contribution in [2.75, 3.05) is 13.7 Å². The van der Waals surface area contributed by atoms with Crippen LogP contribution in [-0.2, 0) is 4.74 Å². The van der Waals surface area contributed by atoms with Crippen LogP contribution in [0.2, 0.25) is 0 Å². The van der Waals surface area contributed by atoms with E-state index in [-0.39, 0.29) is 22.6 Å². The maximum absolute atomic E-state index is 12.4. The van der Waals surface area contributed by atoms with Crippen LogP contribution in [0, 0.1) is 6.92 Å². The van der Waals surface area contributed by atoms with Crippen LogP contribution in [0.5, 0.6) is 17.2 Å². The lowest BCUT2D eigenvalue weighted by molar-refractivity contribution is 0.0473. The maximum atomic E-state index is 12.4. The number of methoxy groups -OCH3 is 1. The number of hydrogen-bond acceptors (Lipinski definition) is 7. The third-order valence-corrected chi connectivity index (χ3v) is 4.05. The molecule has 3 rings (SSSR count). The Kier molecular flexibility index (Phi) is 4.94. The largest absolute Gasteiger partial charge is 0.508 e. The summed E-state index contributed by atoms with van der Waals surface area (Å²) in [6.45, 7) is 1.13. The first kappa shape index (κ1) is 18.2. The predicted octanol–water partition coefficient (Wildman–Crippen LogP) is 3.00. The number of ketones is 1. The molecule has 27 heavy (non-hydrogen) atoms. The lowest BCUT2D eigenvalue weighted by Gasteiger charge is -2.09. The monoisotopic (exact) mass is 367 g/mol. The van der Waals surface area contributed by atoms with Crippen LogP contribution in [0.25, 0.3) is 10.9 Å². The first-order chi connectivity index (χ1) is 12.9. The van der Waals surface area contributed by atoms with Gasteiger partial charge in [-0.3, -0.25) is 9.78 Å². The molecule has 0 aliphatic carbocycles. The van der Waals surface area contributed by atoms with Gasteiger partial charge in [-0.1, -0.05) is 0 Å². The zero-order valence-electron chi connectivity index (χ0n) is 14.7. The summed E-state index contributed by atoms with van der Waals surface area (Å²) in [5, 5.41) is 19.7. The van der Waals surface area contributed by atoms with E-state index in [4.69, 9.17) is 9.47 Å². The second-order valence-electron chi connectivity index (χ2n) is 5.88. The summed E-state index contributed by atoms with van der Waals surface area (Å²) in [6.07, 6.45) is 0. The maximum Gasteiger partial charge on any atom is 0.340 e. The van der Waals surface area contributed by atoms with Crippen molar-refractivity contribution in [1.82, 2.24) is 4.98 Å². The number of rotatable bonds is 5. The minimum Gasteiger partial charge on any atom is -0.508 e. The minimum atomic E-state index is -0.698. The molecule has 0 saturated carbocycles. The highest BCUT2D eigenvalue weighted by Crippen LogP contribution is 2.24. The molecule has 3 aromatic rings. The van der Waals surface area contributed by atoms with Crippen molar-refractivity contribution in [3.05, 3.63) is 59.3 Å². The van der Waals surface area contributed by atoms with Crippen LogP contribution in [0.1, 0.15) is 26.4 Å². The van der Waals surface area contributed by atoms with E-state index >= 15 is 0 Å². The van der Waals surface area contributed by atoms with Crippen molar-refractivity contribution in [2.24, 2.45) is 0 Å². The van der Waals surface area contributed by atoms with Crippen LogP contribution in [0.4, 0.5) is 0 Å². The Hall–Kier alpha value is -3.61. The lowest BCUT2D eigenvalue weighted by Crippen LogP contribution is -2.15. The molecule has 138 valence electrons. The average molecular weight is 367 g/mol. The lowest BCUT2D eigenvalue weighted by atomic mass is 10.1. The SMILES string of the molecule is COc1ccc2nc(C)c(C(=O)OCC(=O)c3ccc(O)cc3O)cc2c1. The molecule has 7 heteroatoms. The first-order valence-electron chi connectivity index (χ1n) is 8.06. The number of fused-ring (bicyclic) bond motifs is 1. The van der Waals surface area contributed by atoms with Crippen LogP contribution >= 0.6 is 0 Å². The van der Waals surface area contributed by atoms with E-state index in [2.05, 4.69) is 4.98 Å². The van der Waals surface area contributed by atoms with Gasteiger partial charge < -0.3 is 19.7 Å². The van der Waals surface area contributed by atoms with Crippen molar-refractivity contribution < 1.29 is 29.3 Å². The van der Waals surface area contributed by atoms with E-state index in [0.717, 1.165) is 6.07 Å². The number of nitrogens with zero attached hydrogens (tertiary/aromatic N) is 1. The molecular formula is C20H17NO6. The summed E-state index contributed by atoms with van der Waals surface area (Å²) in [7, 11) is 1.54. The fraction of sp³-hybridized carbons (Fsp3) is 0.150. The van der Waals surface area contributed by atoms with E-state index in [1.807, 2.05) is 0 Å².